The number of hydrogen-bond acceptors (Lipinski definition) is 4. The smallest absolute Gasteiger partial charge is 0.358 e. The molecular weight excluding hydrogens is 352 g/mol. The minimum atomic E-state index is -0.434. The highest BCUT2D eigenvalue weighted by Crippen LogP contribution is 2.19. The monoisotopic (exact) mass is 372 g/mol. The van der Waals surface area contributed by atoms with Crippen LogP contribution in [0.15, 0.2) is 79.3 Å². The molecule has 4 aromatic rings. The van der Waals surface area contributed by atoms with E-state index >= 15 is 0 Å². The van der Waals surface area contributed by atoms with Gasteiger partial charge < -0.3 is 14.0 Å². The largest absolute Gasteiger partial charge is 0.489 e. The Morgan fingerprint density at radius 2 is 1.71 bits per heavy atom. The highest BCUT2D eigenvalue weighted by atomic mass is 16.5. The van der Waals surface area contributed by atoms with Gasteiger partial charge in [-0.05, 0) is 40.1 Å². The first-order valence-corrected chi connectivity index (χ1v) is 9.01. The fourth-order valence-electron chi connectivity index (χ4n) is 3.05. The maximum absolute atomic E-state index is 11.5. The summed E-state index contributed by atoms with van der Waals surface area (Å²) < 4.78 is 12.4. The van der Waals surface area contributed by atoms with Crippen LogP contribution in [0.25, 0.3) is 10.8 Å². The molecule has 0 atom stereocenters. The van der Waals surface area contributed by atoms with Crippen LogP contribution in [0.3, 0.4) is 0 Å². The molecule has 0 N–H and O–H groups in total. The number of methoxy groups -OCH3 is 1. The highest BCUT2D eigenvalue weighted by molar-refractivity contribution is 5.86. The summed E-state index contributed by atoms with van der Waals surface area (Å²) in [5, 5.41) is 2.44. The first kappa shape index (κ1) is 17.8. The number of imidazole rings is 1. The number of rotatable bonds is 6. The summed E-state index contributed by atoms with van der Waals surface area (Å²) in [5.41, 5.74) is 2.53. The predicted octanol–water partition coefficient (Wildman–Crippen LogP) is 4.45. The van der Waals surface area contributed by atoms with Gasteiger partial charge in [0.2, 0.25) is 0 Å². The molecule has 0 amide bonds. The summed E-state index contributed by atoms with van der Waals surface area (Å²) in [6.07, 6.45) is 3.30. The number of carbonyl (C=O) groups excluding carboxylic acids is 1. The molecule has 0 bridgehead atoms. The van der Waals surface area contributed by atoms with Crippen molar-refractivity contribution in [2.24, 2.45) is 0 Å². The number of ether oxygens (including phenoxy) is 2. The van der Waals surface area contributed by atoms with Gasteiger partial charge in [0, 0.05) is 12.7 Å². The molecule has 5 nitrogen and oxygen atoms in total. The van der Waals surface area contributed by atoms with Crippen molar-refractivity contribution in [2.75, 3.05) is 7.11 Å². The summed E-state index contributed by atoms with van der Waals surface area (Å²) in [6.45, 7) is 1.14. The molecule has 0 aliphatic rings. The molecule has 4 rings (SSSR count). The maximum atomic E-state index is 11.5. The second-order valence-corrected chi connectivity index (χ2v) is 6.54. The van der Waals surface area contributed by atoms with Gasteiger partial charge in [0.25, 0.3) is 0 Å². The molecule has 0 fully saturated rings. The van der Waals surface area contributed by atoms with Crippen LogP contribution >= 0.6 is 0 Å². The number of aromatic nitrogens is 2. The topological polar surface area (TPSA) is 53.4 Å². The van der Waals surface area contributed by atoms with E-state index in [1.54, 1.807) is 12.5 Å². The average Bonchev–Trinajstić information content (AvgIpc) is 3.21. The lowest BCUT2D eigenvalue weighted by molar-refractivity contribution is 0.0594. The second-order valence-electron chi connectivity index (χ2n) is 6.54. The van der Waals surface area contributed by atoms with Crippen LogP contribution < -0.4 is 4.74 Å². The summed E-state index contributed by atoms with van der Waals surface area (Å²) in [7, 11) is 1.35. The lowest BCUT2D eigenvalue weighted by Crippen LogP contribution is -2.01. The van der Waals surface area contributed by atoms with Crippen LogP contribution in [0.2, 0.25) is 0 Å². The summed E-state index contributed by atoms with van der Waals surface area (Å²) in [6, 6.07) is 22.6. The molecule has 3 aromatic carbocycles. The van der Waals surface area contributed by atoms with Crippen LogP contribution in [0, 0.1) is 0 Å². The van der Waals surface area contributed by atoms with E-state index in [-0.39, 0.29) is 0 Å². The Balaban J connectivity index is 1.37. The zero-order chi connectivity index (χ0) is 19.3. The quantitative estimate of drug-likeness (QED) is 0.469. The number of hydrogen-bond donors (Lipinski definition) is 0. The van der Waals surface area contributed by atoms with Crippen molar-refractivity contribution in [1.82, 2.24) is 9.55 Å². The zero-order valence-corrected chi connectivity index (χ0v) is 15.5. The summed E-state index contributed by atoms with van der Waals surface area (Å²) in [5.74, 6) is 0.383. The van der Waals surface area contributed by atoms with E-state index in [4.69, 9.17) is 4.74 Å². The molecule has 1 aromatic heterocycles. The first-order chi connectivity index (χ1) is 13.7. The Morgan fingerprint density at radius 3 is 2.50 bits per heavy atom. The molecule has 0 saturated carbocycles. The van der Waals surface area contributed by atoms with Crippen molar-refractivity contribution in [1.29, 1.82) is 0 Å². The average molecular weight is 372 g/mol. The van der Waals surface area contributed by atoms with Crippen molar-refractivity contribution in [3.63, 3.8) is 0 Å². The van der Waals surface area contributed by atoms with E-state index in [2.05, 4.69) is 40.1 Å². The third kappa shape index (κ3) is 4.04. The SMILES string of the molecule is COC(=O)c1cn(Cc2ccc(OCc3ccc4ccccc4c3)cc2)cn1. The van der Waals surface area contributed by atoms with Crippen LogP contribution in [0.5, 0.6) is 5.75 Å². The number of benzene rings is 3. The van der Waals surface area contributed by atoms with E-state index < -0.39 is 5.97 Å². The fourth-order valence-corrected chi connectivity index (χ4v) is 3.05. The Labute approximate surface area is 163 Å². The molecule has 28 heavy (non-hydrogen) atoms. The minimum absolute atomic E-state index is 0.304. The summed E-state index contributed by atoms with van der Waals surface area (Å²) in [4.78, 5) is 15.5. The van der Waals surface area contributed by atoms with Crippen molar-refractivity contribution < 1.29 is 14.3 Å². The van der Waals surface area contributed by atoms with Crippen LogP contribution in [-0.4, -0.2) is 22.6 Å². The molecule has 0 aliphatic carbocycles. The number of fused-ring (bicyclic) bond motifs is 1. The molecule has 1 heterocycles. The van der Waals surface area contributed by atoms with E-state index in [1.165, 1.54) is 17.9 Å². The second kappa shape index (κ2) is 7.96. The van der Waals surface area contributed by atoms with Crippen molar-refractivity contribution in [3.05, 3.63) is 96.1 Å². The standard InChI is InChI=1S/C23H20N2O3/c1-27-23(26)22-14-25(16-24-22)13-17-7-10-21(11-8-17)28-15-18-6-9-19-4-2-3-5-20(19)12-18/h2-12,14,16H,13,15H2,1H3. The van der Waals surface area contributed by atoms with Gasteiger partial charge in [-0.3, -0.25) is 0 Å². The van der Waals surface area contributed by atoms with E-state index in [9.17, 15) is 4.79 Å². The van der Waals surface area contributed by atoms with Gasteiger partial charge in [-0.25, -0.2) is 9.78 Å². The molecule has 0 unspecified atom stereocenters. The van der Waals surface area contributed by atoms with E-state index in [0.717, 1.165) is 16.9 Å². The fraction of sp³-hybridized carbons (Fsp3) is 0.130. The van der Waals surface area contributed by atoms with Crippen LogP contribution in [-0.2, 0) is 17.9 Å². The van der Waals surface area contributed by atoms with Crippen molar-refractivity contribution in [3.8, 4) is 5.75 Å². The van der Waals surface area contributed by atoms with Crippen LogP contribution in [0.4, 0.5) is 0 Å². The Hall–Kier alpha value is -3.60. The molecular formula is C23H20N2O3. The molecule has 5 heteroatoms. The van der Waals surface area contributed by atoms with E-state index in [1.807, 2.05) is 41.0 Å². The number of carbonyl (C=O) groups is 1. The Bertz CT molecular complexity index is 1100. The Kier molecular flexibility index (Phi) is 5.06. The molecule has 0 aliphatic heterocycles. The molecule has 0 saturated heterocycles. The maximum Gasteiger partial charge on any atom is 0.358 e. The third-order valence-corrected chi connectivity index (χ3v) is 4.54. The van der Waals surface area contributed by atoms with Gasteiger partial charge in [-0.15, -0.1) is 0 Å². The van der Waals surface area contributed by atoms with Gasteiger partial charge in [-0.1, -0.05) is 48.5 Å². The third-order valence-electron chi connectivity index (χ3n) is 4.54. The molecule has 0 spiro atoms. The lowest BCUT2D eigenvalue weighted by Gasteiger charge is -2.09. The molecule has 140 valence electrons. The lowest BCUT2D eigenvalue weighted by atomic mass is 10.1. The van der Waals surface area contributed by atoms with E-state index in [0.29, 0.717) is 18.8 Å². The zero-order valence-electron chi connectivity index (χ0n) is 15.5. The van der Waals surface area contributed by atoms with Gasteiger partial charge in [0.15, 0.2) is 5.69 Å². The Morgan fingerprint density at radius 1 is 0.964 bits per heavy atom. The van der Waals surface area contributed by atoms with Crippen LogP contribution in [0.1, 0.15) is 21.6 Å². The van der Waals surface area contributed by atoms with Gasteiger partial charge in [0.1, 0.15) is 12.4 Å². The number of esters is 1. The van der Waals surface area contributed by atoms with Crippen molar-refractivity contribution >= 4 is 16.7 Å². The first-order valence-electron chi connectivity index (χ1n) is 9.01. The highest BCUT2D eigenvalue weighted by Gasteiger charge is 2.09. The molecule has 0 radical (unpaired) electrons. The summed E-state index contributed by atoms with van der Waals surface area (Å²) >= 11 is 0. The van der Waals surface area contributed by atoms with Crippen molar-refractivity contribution in [2.45, 2.75) is 13.2 Å². The number of nitrogens with zero attached hydrogens (tertiary/aromatic N) is 2. The predicted molar refractivity (Wildman–Crippen MR) is 107 cm³/mol. The minimum Gasteiger partial charge on any atom is -0.489 e. The van der Waals surface area contributed by atoms with Gasteiger partial charge in [0.05, 0.1) is 13.4 Å². The normalized spacial score (nSPS) is 10.8. The van der Waals surface area contributed by atoms with Gasteiger partial charge in [-0.2, -0.15) is 0 Å². The van der Waals surface area contributed by atoms with Gasteiger partial charge >= 0.3 is 5.97 Å².